The summed E-state index contributed by atoms with van der Waals surface area (Å²) in [4.78, 5) is 15.9. The van der Waals surface area contributed by atoms with Crippen LogP contribution in [0.25, 0.3) is 0 Å². The third-order valence-corrected chi connectivity index (χ3v) is 3.44. The van der Waals surface area contributed by atoms with Gasteiger partial charge < -0.3 is 15.5 Å². The third kappa shape index (κ3) is 3.23. The summed E-state index contributed by atoms with van der Waals surface area (Å²) >= 11 is 0. The standard InChI is InChI=1S/C14H27N5O/c1-7-18(8-2)12(20)9-17(6)14-13(15)11(5)16-19(14)10(3)4/h10H,7-9,15H2,1-6H3. The van der Waals surface area contributed by atoms with E-state index >= 15 is 0 Å². The summed E-state index contributed by atoms with van der Waals surface area (Å²) in [6.45, 7) is 11.7. The first-order chi connectivity index (χ1) is 9.33. The molecule has 6 heteroatoms. The molecule has 0 fully saturated rings. The number of nitrogen functional groups attached to an aromatic ring is 1. The summed E-state index contributed by atoms with van der Waals surface area (Å²) < 4.78 is 1.88. The largest absolute Gasteiger partial charge is 0.394 e. The van der Waals surface area contributed by atoms with E-state index in [4.69, 9.17) is 5.73 Å². The van der Waals surface area contributed by atoms with Crippen LogP contribution in [0.3, 0.4) is 0 Å². The van der Waals surface area contributed by atoms with E-state index in [-0.39, 0.29) is 11.9 Å². The van der Waals surface area contributed by atoms with Crippen molar-refractivity contribution in [2.45, 2.75) is 40.7 Å². The van der Waals surface area contributed by atoms with Gasteiger partial charge in [-0.05, 0) is 34.6 Å². The normalized spacial score (nSPS) is 10.9. The molecule has 0 aliphatic rings. The van der Waals surface area contributed by atoms with Crippen molar-refractivity contribution in [3.05, 3.63) is 5.69 Å². The molecule has 0 aliphatic carbocycles. The van der Waals surface area contributed by atoms with E-state index in [1.807, 2.05) is 42.3 Å². The molecule has 1 rings (SSSR count). The Labute approximate surface area is 121 Å². The van der Waals surface area contributed by atoms with E-state index in [0.29, 0.717) is 12.2 Å². The zero-order valence-electron chi connectivity index (χ0n) is 13.5. The Bertz CT molecular complexity index is 462. The van der Waals surface area contributed by atoms with Crippen LogP contribution in [0, 0.1) is 6.92 Å². The Kier molecular flexibility index (Phi) is 5.42. The van der Waals surface area contributed by atoms with Gasteiger partial charge in [0.05, 0.1) is 17.9 Å². The smallest absolute Gasteiger partial charge is 0.242 e. The number of nitrogens with zero attached hydrogens (tertiary/aromatic N) is 4. The Hall–Kier alpha value is -1.72. The highest BCUT2D eigenvalue weighted by molar-refractivity contribution is 5.82. The first-order valence-electron chi connectivity index (χ1n) is 7.16. The molecule has 0 atom stereocenters. The summed E-state index contributed by atoms with van der Waals surface area (Å²) in [7, 11) is 1.88. The number of aromatic nitrogens is 2. The summed E-state index contributed by atoms with van der Waals surface area (Å²) in [5, 5.41) is 4.45. The van der Waals surface area contributed by atoms with Gasteiger partial charge in [0.15, 0.2) is 5.82 Å². The quantitative estimate of drug-likeness (QED) is 0.861. The molecule has 20 heavy (non-hydrogen) atoms. The van der Waals surface area contributed by atoms with Gasteiger partial charge in [-0.25, -0.2) is 4.68 Å². The topological polar surface area (TPSA) is 67.4 Å². The lowest BCUT2D eigenvalue weighted by Gasteiger charge is -2.26. The number of carbonyl (C=O) groups is 1. The highest BCUT2D eigenvalue weighted by Crippen LogP contribution is 2.28. The van der Waals surface area contributed by atoms with E-state index in [1.54, 1.807) is 0 Å². The predicted octanol–water partition coefficient (Wildman–Crippen LogP) is 1.66. The maximum Gasteiger partial charge on any atom is 0.242 e. The number of anilines is 2. The lowest BCUT2D eigenvalue weighted by atomic mass is 10.3. The van der Waals surface area contributed by atoms with E-state index in [1.165, 1.54) is 0 Å². The second-order valence-electron chi connectivity index (χ2n) is 5.28. The monoisotopic (exact) mass is 281 g/mol. The number of rotatable bonds is 6. The Morgan fingerprint density at radius 1 is 1.35 bits per heavy atom. The SMILES string of the molecule is CCN(CC)C(=O)CN(C)c1c(N)c(C)nn1C(C)C. The summed E-state index contributed by atoms with van der Waals surface area (Å²) in [6, 6.07) is 0.201. The van der Waals surface area contributed by atoms with Crippen LogP contribution in [0.4, 0.5) is 11.5 Å². The molecular weight excluding hydrogens is 254 g/mol. The molecule has 0 aromatic carbocycles. The van der Waals surface area contributed by atoms with Gasteiger partial charge in [0.2, 0.25) is 5.91 Å². The number of hydrogen-bond acceptors (Lipinski definition) is 4. The first kappa shape index (κ1) is 16.3. The van der Waals surface area contributed by atoms with Crippen LogP contribution in [0.2, 0.25) is 0 Å². The Balaban J connectivity index is 2.98. The number of carbonyl (C=O) groups excluding carboxylic acids is 1. The Morgan fingerprint density at radius 3 is 2.35 bits per heavy atom. The second kappa shape index (κ2) is 6.63. The van der Waals surface area contributed by atoms with Crippen molar-refractivity contribution in [1.29, 1.82) is 0 Å². The van der Waals surface area contributed by atoms with Gasteiger partial charge in [-0.1, -0.05) is 0 Å². The van der Waals surface area contributed by atoms with Crippen LogP contribution >= 0.6 is 0 Å². The zero-order valence-corrected chi connectivity index (χ0v) is 13.5. The number of amides is 1. The number of nitrogens with two attached hydrogens (primary N) is 1. The van der Waals surface area contributed by atoms with Gasteiger partial charge in [0.1, 0.15) is 0 Å². The van der Waals surface area contributed by atoms with E-state index in [2.05, 4.69) is 18.9 Å². The van der Waals surface area contributed by atoms with E-state index in [9.17, 15) is 4.79 Å². The average molecular weight is 281 g/mol. The molecule has 1 heterocycles. The lowest BCUT2D eigenvalue weighted by Crippen LogP contribution is -2.39. The molecule has 114 valence electrons. The van der Waals surface area contributed by atoms with Gasteiger partial charge in [-0.2, -0.15) is 5.10 Å². The summed E-state index contributed by atoms with van der Waals surface area (Å²) in [5.41, 5.74) is 7.56. The maximum absolute atomic E-state index is 12.2. The molecule has 1 aromatic heterocycles. The van der Waals surface area contributed by atoms with Crippen molar-refractivity contribution in [3.8, 4) is 0 Å². The summed E-state index contributed by atoms with van der Waals surface area (Å²) in [6.07, 6.45) is 0. The molecule has 0 saturated carbocycles. The minimum Gasteiger partial charge on any atom is -0.394 e. The van der Waals surface area contributed by atoms with Gasteiger partial charge in [0, 0.05) is 26.2 Å². The van der Waals surface area contributed by atoms with Gasteiger partial charge in [-0.15, -0.1) is 0 Å². The highest BCUT2D eigenvalue weighted by atomic mass is 16.2. The first-order valence-corrected chi connectivity index (χ1v) is 7.16. The van der Waals surface area contributed by atoms with Crippen molar-refractivity contribution in [1.82, 2.24) is 14.7 Å². The molecule has 1 amide bonds. The zero-order chi connectivity index (χ0) is 15.4. The van der Waals surface area contributed by atoms with Crippen molar-refractivity contribution in [3.63, 3.8) is 0 Å². The van der Waals surface area contributed by atoms with Gasteiger partial charge >= 0.3 is 0 Å². The molecular formula is C14H27N5O. The average Bonchev–Trinajstić information content (AvgIpc) is 2.67. The van der Waals surface area contributed by atoms with Gasteiger partial charge in [0.25, 0.3) is 0 Å². The van der Waals surface area contributed by atoms with E-state index < -0.39 is 0 Å². The van der Waals surface area contributed by atoms with Crippen LogP contribution in [0.15, 0.2) is 0 Å². The Morgan fingerprint density at radius 2 is 1.90 bits per heavy atom. The minimum atomic E-state index is 0.103. The molecule has 2 N–H and O–H groups in total. The van der Waals surface area contributed by atoms with Crippen molar-refractivity contribution in [2.24, 2.45) is 0 Å². The molecule has 0 unspecified atom stereocenters. The van der Waals surface area contributed by atoms with Gasteiger partial charge in [-0.3, -0.25) is 4.79 Å². The van der Waals surface area contributed by atoms with Crippen LogP contribution in [0.1, 0.15) is 39.4 Å². The second-order valence-corrected chi connectivity index (χ2v) is 5.28. The van der Waals surface area contributed by atoms with Crippen molar-refractivity contribution in [2.75, 3.05) is 37.3 Å². The molecule has 1 aromatic rings. The molecule has 6 nitrogen and oxygen atoms in total. The summed E-state index contributed by atoms with van der Waals surface area (Å²) in [5.74, 6) is 0.920. The van der Waals surface area contributed by atoms with Crippen LogP contribution < -0.4 is 10.6 Å². The minimum absolute atomic E-state index is 0.103. The fourth-order valence-electron chi connectivity index (χ4n) is 2.24. The fraction of sp³-hybridized carbons (Fsp3) is 0.714. The highest BCUT2D eigenvalue weighted by Gasteiger charge is 2.21. The van der Waals surface area contributed by atoms with Crippen LogP contribution in [0.5, 0.6) is 0 Å². The molecule has 0 spiro atoms. The van der Waals surface area contributed by atoms with Crippen LogP contribution in [-0.4, -0.2) is 47.3 Å². The van der Waals surface area contributed by atoms with Crippen molar-refractivity contribution >= 4 is 17.4 Å². The predicted molar refractivity (Wildman–Crippen MR) is 83.0 cm³/mol. The molecule has 0 saturated heterocycles. The molecule has 0 aliphatic heterocycles. The molecule has 0 radical (unpaired) electrons. The number of likely N-dealkylation sites (N-methyl/N-ethyl adjacent to an activating group) is 2. The van der Waals surface area contributed by atoms with Crippen molar-refractivity contribution < 1.29 is 4.79 Å². The lowest BCUT2D eigenvalue weighted by molar-refractivity contribution is -0.129. The maximum atomic E-state index is 12.2. The van der Waals surface area contributed by atoms with Crippen LogP contribution in [-0.2, 0) is 4.79 Å². The number of hydrogen-bond donors (Lipinski definition) is 1. The number of aryl methyl sites for hydroxylation is 1. The van der Waals surface area contributed by atoms with E-state index in [0.717, 1.165) is 24.6 Å². The third-order valence-electron chi connectivity index (χ3n) is 3.44. The fourth-order valence-corrected chi connectivity index (χ4v) is 2.24. The molecule has 0 bridgehead atoms.